The number of esters is 1. The van der Waals surface area contributed by atoms with Crippen LogP contribution in [0.25, 0.3) is 0 Å². The Bertz CT molecular complexity index is 396. The molecule has 2 N–H and O–H groups in total. The number of carbonyl (C=O) groups is 1. The van der Waals surface area contributed by atoms with Crippen LogP contribution in [0.15, 0.2) is 16.6 Å². The number of hydrogen-bond donors (Lipinski definition) is 1. The number of nitrogen functional groups attached to an aromatic ring is 1. The number of carbonyl (C=O) groups excluding carboxylic acids is 1. The van der Waals surface area contributed by atoms with Gasteiger partial charge in [-0.3, -0.25) is 4.39 Å². The Morgan fingerprint density at radius 2 is 2.25 bits per heavy atom. The topological polar surface area (TPSA) is 52.3 Å². The summed E-state index contributed by atoms with van der Waals surface area (Å²) < 4.78 is 17.5. The number of nitrogens with two attached hydrogens (primary N) is 1. The van der Waals surface area contributed by atoms with E-state index in [9.17, 15) is 9.18 Å². The van der Waals surface area contributed by atoms with Gasteiger partial charge in [0, 0.05) is 16.6 Å². The molecule has 0 bridgehead atoms. The molecular formula is C11H13BrFNO2. The normalized spacial score (nSPS) is 10.2. The van der Waals surface area contributed by atoms with Crippen molar-refractivity contribution in [3.8, 4) is 0 Å². The zero-order chi connectivity index (χ0) is 12.1. The average molecular weight is 290 g/mol. The van der Waals surface area contributed by atoms with Crippen molar-refractivity contribution in [3.05, 3.63) is 27.7 Å². The summed E-state index contributed by atoms with van der Waals surface area (Å²) in [5, 5.41) is 0. The molecule has 16 heavy (non-hydrogen) atoms. The molecule has 1 aromatic carbocycles. The highest BCUT2D eigenvalue weighted by Gasteiger charge is 2.13. The fourth-order valence-electron chi connectivity index (χ4n) is 1.21. The van der Waals surface area contributed by atoms with Gasteiger partial charge in [0.1, 0.15) is 0 Å². The van der Waals surface area contributed by atoms with Crippen molar-refractivity contribution in [1.29, 1.82) is 0 Å². The van der Waals surface area contributed by atoms with Crippen LogP contribution in [0, 0.1) is 6.92 Å². The third-order valence-electron chi connectivity index (χ3n) is 2.14. The summed E-state index contributed by atoms with van der Waals surface area (Å²) in [5.41, 5.74) is 7.32. The lowest BCUT2D eigenvalue weighted by Crippen LogP contribution is -2.10. The SMILES string of the molecule is Cc1c(N)cc(Br)cc1C(=O)OCCCF. The van der Waals surface area contributed by atoms with Gasteiger partial charge in [-0.2, -0.15) is 0 Å². The number of ether oxygens (including phenoxy) is 1. The van der Waals surface area contributed by atoms with E-state index in [2.05, 4.69) is 15.9 Å². The van der Waals surface area contributed by atoms with E-state index in [0.717, 1.165) is 0 Å². The number of anilines is 1. The van der Waals surface area contributed by atoms with Crippen LogP contribution in [-0.2, 0) is 4.74 Å². The zero-order valence-corrected chi connectivity index (χ0v) is 10.5. The maximum atomic E-state index is 11.8. The molecule has 0 fully saturated rings. The standard InChI is InChI=1S/C11H13BrFNO2/c1-7-9(5-8(12)6-10(7)14)11(15)16-4-2-3-13/h5-6H,2-4,14H2,1H3. The Hall–Kier alpha value is -1.10. The summed E-state index contributed by atoms with van der Waals surface area (Å²) in [6.07, 6.45) is 0.217. The van der Waals surface area contributed by atoms with E-state index in [4.69, 9.17) is 10.5 Å². The molecule has 0 radical (unpaired) electrons. The molecule has 5 heteroatoms. The first kappa shape index (κ1) is 13.0. The largest absolute Gasteiger partial charge is 0.462 e. The minimum Gasteiger partial charge on any atom is -0.462 e. The van der Waals surface area contributed by atoms with Crippen LogP contribution in [0.2, 0.25) is 0 Å². The summed E-state index contributed by atoms with van der Waals surface area (Å²) in [4.78, 5) is 11.6. The summed E-state index contributed by atoms with van der Waals surface area (Å²) in [5.74, 6) is -0.473. The highest BCUT2D eigenvalue weighted by molar-refractivity contribution is 9.10. The van der Waals surface area contributed by atoms with Crippen LogP contribution in [0.4, 0.5) is 10.1 Å². The van der Waals surface area contributed by atoms with Crippen molar-refractivity contribution in [1.82, 2.24) is 0 Å². The minimum atomic E-state index is -0.493. The van der Waals surface area contributed by atoms with E-state index < -0.39 is 12.6 Å². The lowest BCUT2D eigenvalue weighted by Gasteiger charge is -2.09. The van der Waals surface area contributed by atoms with E-state index in [1.54, 1.807) is 19.1 Å². The lowest BCUT2D eigenvalue weighted by atomic mass is 10.1. The molecule has 1 aromatic rings. The van der Waals surface area contributed by atoms with Gasteiger partial charge in [-0.1, -0.05) is 15.9 Å². The van der Waals surface area contributed by atoms with Gasteiger partial charge in [0.25, 0.3) is 0 Å². The van der Waals surface area contributed by atoms with E-state index in [-0.39, 0.29) is 13.0 Å². The molecule has 3 nitrogen and oxygen atoms in total. The fourth-order valence-corrected chi connectivity index (χ4v) is 1.68. The molecule has 88 valence electrons. The number of hydrogen-bond acceptors (Lipinski definition) is 3. The Labute approximate surface area is 102 Å². The van der Waals surface area contributed by atoms with Gasteiger partial charge in [-0.05, 0) is 24.6 Å². The second-order valence-electron chi connectivity index (χ2n) is 3.35. The second-order valence-corrected chi connectivity index (χ2v) is 4.26. The number of rotatable bonds is 4. The maximum Gasteiger partial charge on any atom is 0.338 e. The van der Waals surface area contributed by atoms with Crippen LogP contribution < -0.4 is 5.73 Å². The average Bonchev–Trinajstić information content (AvgIpc) is 2.23. The van der Waals surface area contributed by atoms with Gasteiger partial charge < -0.3 is 10.5 Å². The predicted octanol–water partition coefficient (Wildman–Crippen LogP) is 2.86. The van der Waals surface area contributed by atoms with Crippen LogP contribution in [-0.4, -0.2) is 19.3 Å². The van der Waals surface area contributed by atoms with Crippen molar-refractivity contribution in [3.63, 3.8) is 0 Å². The van der Waals surface area contributed by atoms with E-state index in [0.29, 0.717) is 21.3 Å². The van der Waals surface area contributed by atoms with E-state index in [1.165, 1.54) is 0 Å². The van der Waals surface area contributed by atoms with Gasteiger partial charge in [0.05, 0.1) is 18.8 Å². The first-order valence-electron chi connectivity index (χ1n) is 4.85. The van der Waals surface area contributed by atoms with Gasteiger partial charge >= 0.3 is 5.97 Å². The van der Waals surface area contributed by atoms with E-state index >= 15 is 0 Å². The van der Waals surface area contributed by atoms with Crippen molar-refractivity contribution in [2.75, 3.05) is 19.0 Å². The molecule has 0 heterocycles. The molecule has 0 saturated heterocycles. The Kier molecular flexibility index (Phi) is 4.73. The maximum absolute atomic E-state index is 11.8. The Balaban J connectivity index is 2.82. The molecule has 0 unspecified atom stereocenters. The van der Waals surface area contributed by atoms with Gasteiger partial charge in [0.2, 0.25) is 0 Å². The van der Waals surface area contributed by atoms with E-state index in [1.807, 2.05) is 0 Å². The molecule has 1 rings (SSSR count). The molecule has 0 aromatic heterocycles. The first-order valence-corrected chi connectivity index (χ1v) is 5.64. The number of benzene rings is 1. The summed E-state index contributed by atoms with van der Waals surface area (Å²) in [7, 11) is 0. The second kappa shape index (κ2) is 5.84. The molecule has 0 aliphatic heterocycles. The molecule has 0 amide bonds. The van der Waals surface area contributed by atoms with Crippen molar-refractivity contribution in [2.24, 2.45) is 0 Å². The molecule has 0 aliphatic carbocycles. The van der Waals surface area contributed by atoms with Crippen LogP contribution in [0.3, 0.4) is 0 Å². The third-order valence-corrected chi connectivity index (χ3v) is 2.60. The van der Waals surface area contributed by atoms with Gasteiger partial charge in [-0.25, -0.2) is 4.79 Å². The zero-order valence-electron chi connectivity index (χ0n) is 8.93. The van der Waals surface area contributed by atoms with Crippen molar-refractivity contribution < 1.29 is 13.9 Å². The van der Waals surface area contributed by atoms with Crippen molar-refractivity contribution >= 4 is 27.6 Å². The fraction of sp³-hybridized carbons (Fsp3) is 0.364. The molecular weight excluding hydrogens is 277 g/mol. The van der Waals surface area contributed by atoms with Crippen LogP contribution in [0.5, 0.6) is 0 Å². The number of alkyl halides is 1. The van der Waals surface area contributed by atoms with Gasteiger partial charge in [0.15, 0.2) is 0 Å². The summed E-state index contributed by atoms with van der Waals surface area (Å²) >= 11 is 3.25. The minimum absolute atomic E-state index is 0.0845. The van der Waals surface area contributed by atoms with Crippen molar-refractivity contribution in [2.45, 2.75) is 13.3 Å². The predicted molar refractivity (Wildman–Crippen MR) is 64.2 cm³/mol. The molecule has 0 saturated carbocycles. The monoisotopic (exact) mass is 289 g/mol. The summed E-state index contributed by atoms with van der Waals surface area (Å²) in [6, 6.07) is 3.36. The third kappa shape index (κ3) is 3.20. The molecule has 0 spiro atoms. The Morgan fingerprint density at radius 3 is 2.88 bits per heavy atom. The van der Waals surface area contributed by atoms with Gasteiger partial charge in [-0.15, -0.1) is 0 Å². The Morgan fingerprint density at radius 1 is 1.56 bits per heavy atom. The highest BCUT2D eigenvalue weighted by Crippen LogP contribution is 2.23. The van der Waals surface area contributed by atoms with Crippen LogP contribution >= 0.6 is 15.9 Å². The molecule has 0 atom stereocenters. The smallest absolute Gasteiger partial charge is 0.338 e. The highest BCUT2D eigenvalue weighted by atomic mass is 79.9. The lowest BCUT2D eigenvalue weighted by molar-refractivity contribution is 0.0493. The summed E-state index contributed by atoms with van der Waals surface area (Å²) in [6.45, 7) is 1.33. The van der Waals surface area contributed by atoms with Crippen LogP contribution in [0.1, 0.15) is 22.3 Å². The number of halogens is 2. The molecule has 0 aliphatic rings. The quantitative estimate of drug-likeness (QED) is 0.527. The first-order chi connectivity index (χ1) is 7.56.